The Morgan fingerprint density at radius 1 is 1.40 bits per heavy atom. The van der Waals surface area contributed by atoms with Crippen LogP contribution < -0.4 is 0 Å². The number of nitrogens with zero attached hydrogens (tertiary/aromatic N) is 1. The second-order valence-electron chi connectivity index (χ2n) is 4.10. The first-order valence-electron chi connectivity index (χ1n) is 5.34. The van der Waals surface area contributed by atoms with E-state index in [4.69, 9.17) is 0 Å². The van der Waals surface area contributed by atoms with Crippen LogP contribution in [0.5, 0.6) is 0 Å². The van der Waals surface area contributed by atoms with E-state index in [0.717, 1.165) is 19.3 Å². The van der Waals surface area contributed by atoms with E-state index in [0.29, 0.717) is 17.0 Å². The molecule has 0 aromatic carbocycles. The highest BCUT2D eigenvalue weighted by Gasteiger charge is 2.26. The third kappa shape index (κ3) is 2.81. The smallest absolute Gasteiger partial charge is 0.134 e. The van der Waals surface area contributed by atoms with Gasteiger partial charge in [-0.3, -0.25) is 9.78 Å². The molecule has 1 saturated carbocycles. The van der Waals surface area contributed by atoms with Gasteiger partial charge < -0.3 is 0 Å². The van der Waals surface area contributed by atoms with E-state index in [9.17, 15) is 4.79 Å². The average Bonchev–Trinajstić information content (AvgIpc) is 2.25. The summed E-state index contributed by atoms with van der Waals surface area (Å²) in [6, 6.07) is 4.02. The van der Waals surface area contributed by atoms with Gasteiger partial charge in [-0.05, 0) is 24.5 Å². The van der Waals surface area contributed by atoms with Gasteiger partial charge in [-0.25, -0.2) is 0 Å². The van der Waals surface area contributed by atoms with Gasteiger partial charge >= 0.3 is 0 Å². The molecular formula is C12H15NOS. The molecule has 0 bridgehead atoms. The van der Waals surface area contributed by atoms with Crippen LogP contribution in [0.25, 0.3) is 0 Å². The third-order valence-corrected chi connectivity index (χ3v) is 4.36. The molecule has 1 fully saturated rings. The number of hydrogen-bond donors (Lipinski definition) is 0. The van der Waals surface area contributed by atoms with Crippen LogP contribution in [0.3, 0.4) is 0 Å². The lowest BCUT2D eigenvalue weighted by Crippen LogP contribution is -2.24. The number of thioether (sulfide) groups is 1. The monoisotopic (exact) mass is 221 g/mol. The van der Waals surface area contributed by atoms with Gasteiger partial charge in [0.2, 0.25) is 0 Å². The van der Waals surface area contributed by atoms with Crippen LogP contribution in [0, 0.1) is 5.92 Å². The van der Waals surface area contributed by atoms with Crippen molar-refractivity contribution in [1.82, 2.24) is 4.98 Å². The van der Waals surface area contributed by atoms with Crippen molar-refractivity contribution in [3.05, 3.63) is 24.5 Å². The molecule has 0 radical (unpaired) electrons. The van der Waals surface area contributed by atoms with Crippen LogP contribution in [0.4, 0.5) is 0 Å². The lowest BCUT2D eigenvalue weighted by atomic mass is 9.89. The molecule has 1 aliphatic rings. The first kappa shape index (κ1) is 10.7. The number of rotatable bonds is 2. The van der Waals surface area contributed by atoms with Crippen molar-refractivity contribution in [2.75, 3.05) is 0 Å². The lowest BCUT2D eigenvalue weighted by Gasteiger charge is -2.27. The maximum absolute atomic E-state index is 11.4. The maximum atomic E-state index is 11.4. The molecule has 2 atom stereocenters. The van der Waals surface area contributed by atoms with E-state index in [2.05, 4.69) is 11.9 Å². The zero-order chi connectivity index (χ0) is 10.7. The minimum absolute atomic E-state index is 0.416. The Morgan fingerprint density at radius 2 is 2.13 bits per heavy atom. The Morgan fingerprint density at radius 3 is 2.87 bits per heavy atom. The minimum Gasteiger partial charge on any atom is -0.300 e. The Bertz CT molecular complexity index is 339. The summed E-state index contributed by atoms with van der Waals surface area (Å²) in [5.41, 5.74) is 0. The number of aromatic nitrogens is 1. The Labute approximate surface area is 94.5 Å². The molecule has 3 heteroatoms. The van der Waals surface area contributed by atoms with E-state index in [1.807, 2.05) is 23.9 Å². The predicted octanol–water partition coefficient (Wildman–Crippen LogP) is 2.93. The molecule has 0 aliphatic heterocycles. The highest BCUT2D eigenvalue weighted by atomic mass is 32.2. The minimum atomic E-state index is 0.416. The van der Waals surface area contributed by atoms with E-state index in [-0.39, 0.29) is 0 Å². The molecule has 80 valence electrons. The standard InChI is InChI=1S/C12H15NOS/c1-9-2-3-10(14)8-12(9)15-11-4-6-13-7-5-11/h4-7,9,12H,2-3,8H2,1H3. The van der Waals surface area contributed by atoms with Gasteiger partial charge in [-0.15, -0.1) is 11.8 Å². The number of Topliss-reactive ketones (excluding diaryl/α,β-unsaturated/α-hetero) is 1. The molecule has 2 nitrogen and oxygen atoms in total. The van der Waals surface area contributed by atoms with Crippen LogP contribution in [0.2, 0.25) is 0 Å². The van der Waals surface area contributed by atoms with Gasteiger partial charge in [0.25, 0.3) is 0 Å². The number of pyridine rings is 1. The molecule has 0 amide bonds. The van der Waals surface area contributed by atoms with Crippen molar-refractivity contribution in [3.8, 4) is 0 Å². The second-order valence-corrected chi connectivity index (χ2v) is 5.41. The molecule has 15 heavy (non-hydrogen) atoms. The van der Waals surface area contributed by atoms with Gasteiger partial charge in [-0.1, -0.05) is 6.92 Å². The van der Waals surface area contributed by atoms with E-state index >= 15 is 0 Å². The highest BCUT2D eigenvalue weighted by Crippen LogP contribution is 2.35. The van der Waals surface area contributed by atoms with Gasteiger partial charge in [0, 0.05) is 35.4 Å². The molecule has 2 unspecified atom stereocenters. The molecule has 1 aliphatic carbocycles. The first-order chi connectivity index (χ1) is 7.25. The summed E-state index contributed by atoms with van der Waals surface area (Å²) >= 11 is 1.82. The van der Waals surface area contributed by atoms with Crippen LogP contribution in [0.1, 0.15) is 26.2 Å². The largest absolute Gasteiger partial charge is 0.300 e. The fraction of sp³-hybridized carbons (Fsp3) is 0.500. The van der Waals surface area contributed by atoms with Crippen LogP contribution in [-0.2, 0) is 4.79 Å². The molecule has 0 saturated heterocycles. The summed E-state index contributed by atoms with van der Waals surface area (Å²) in [6.45, 7) is 2.24. The molecule has 2 rings (SSSR count). The van der Waals surface area contributed by atoms with E-state index in [1.54, 1.807) is 12.4 Å². The molecule has 1 aromatic heterocycles. The zero-order valence-corrected chi connectivity index (χ0v) is 9.67. The number of hydrogen-bond acceptors (Lipinski definition) is 3. The Kier molecular flexibility index (Phi) is 3.41. The van der Waals surface area contributed by atoms with Crippen molar-refractivity contribution >= 4 is 17.5 Å². The fourth-order valence-electron chi connectivity index (χ4n) is 1.85. The van der Waals surface area contributed by atoms with Crippen molar-refractivity contribution in [3.63, 3.8) is 0 Å². The third-order valence-electron chi connectivity index (χ3n) is 2.88. The second kappa shape index (κ2) is 4.79. The molecular weight excluding hydrogens is 206 g/mol. The van der Waals surface area contributed by atoms with Crippen molar-refractivity contribution in [2.45, 2.75) is 36.3 Å². The van der Waals surface area contributed by atoms with Crippen molar-refractivity contribution < 1.29 is 4.79 Å². The van der Waals surface area contributed by atoms with E-state index in [1.165, 1.54) is 4.90 Å². The highest BCUT2D eigenvalue weighted by molar-refractivity contribution is 8.00. The first-order valence-corrected chi connectivity index (χ1v) is 6.22. The van der Waals surface area contributed by atoms with Crippen LogP contribution in [0.15, 0.2) is 29.4 Å². The summed E-state index contributed by atoms with van der Waals surface area (Å²) in [5, 5.41) is 0.452. The van der Waals surface area contributed by atoms with Gasteiger partial charge in [0.15, 0.2) is 0 Å². The average molecular weight is 221 g/mol. The number of carbonyl (C=O) groups excluding carboxylic acids is 1. The quantitative estimate of drug-likeness (QED) is 0.769. The van der Waals surface area contributed by atoms with Gasteiger partial charge in [-0.2, -0.15) is 0 Å². The van der Waals surface area contributed by atoms with Crippen LogP contribution in [-0.4, -0.2) is 16.0 Å². The Balaban J connectivity index is 2.01. The summed E-state index contributed by atoms with van der Waals surface area (Å²) in [6.07, 6.45) is 6.15. The molecule has 1 heterocycles. The molecule has 0 N–H and O–H groups in total. The topological polar surface area (TPSA) is 30.0 Å². The Hall–Kier alpha value is -0.830. The van der Waals surface area contributed by atoms with Crippen molar-refractivity contribution in [1.29, 1.82) is 0 Å². The predicted molar refractivity (Wildman–Crippen MR) is 61.9 cm³/mol. The molecule has 1 aromatic rings. The SMILES string of the molecule is CC1CCC(=O)CC1Sc1ccncc1. The summed E-state index contributed by atoms with van der Waals surface area (Å²) in [4.78, 5) is 16.6. The van der Waals surface area contributed by atoms with Gasteiger partial charge in [0.05, 0.1) is 0 Å². The fourth-order valence-corrected chi connectivity index (χ4v) is 3.12. The molecule has 0 spiro atoms. The maximum Gasteiger partial charge on any atom is 0.134 e. The lowest BCUT2D eigenvalue weighted by molar-refractivity contribution is -0.120. The van der Waals surface area contributed by atoms with E-state index < -0.39 is 0 Å². The van der Waals surface area contributed by atoms with Gasteiger partial charge in [0.1, 0.15) is 5.78 Å². The summed E-state index contributed by atoms with van der Waals surface area (Å²) < 4.78 is 0. The normalized spacial score (nSPS) is 26.6. The number of carbonyl (C=O) groups is 1. The summed E-state index contributed by atoms with van der Waals surface area (Å²) in [5.74, 6) is 1.06. The zero-order valence-electron chi connectivity index (χ0n) is 8.85. The van der Waals surface area contributed by atoms with Crippen molar-refractivity contribution in [2.24, 2.45) is 5.92 Å². The number of ketones is 1. The summed E-state index contributed by atoms with van der Waals surface area (Å²) in [7, 11) is 0. The van der Waals surface area contributed by atoms with Crippen LogP contribution >= 0.6 is 11.8 Å².